The second-order valence-electron chi connectivity index (χ2n) is 3.43. The number of rotatable bonds is 3. The van der Waals surface area contributed by atoms with Crippen LogP contribution in [0.4, 0.5) is 0 Å². The Labute approximate surface area is 130 Å². The second kappa shape index (κ2) is 5.87. The summed E-state index contributed by atoms with van der Waals surface area (Å²) >= 11 is 12.4. The van der Waals surface area contributed by atoms with Crippen molar-refractivity contribution in [2.24, 2.45) is 0 Å². The molecule has 1 aromatic carbocycles. The van der Waals surface area contributed by atoms with Crippen LogP contribution in [0.2, 0.25) is 0 Å². The lowest BCUT2D eigenvalue weighted by Crippen LogP contribution is -1.95. The maximum Gasteiger partial charge on any atom is 0.123 e. The van der Waals surface area contributed by atoms with Gasteiger partial charge >= 0.3 is 0 Å². The van der Waals surface area contributed by atoms with E-state index in [1.807, 2.05) is 12.1 Å². The Kier molecular flexibility index (Phi) is 4.69. The van der Waals surface area contributed by atoms with E-state index in [0.717, 1.165) is 19.6 Å². The molecule has 0 saturated heterocycles. The highest BCUT2D eigenvalue weighted by Crippen LogP contribution is 2.40. The standard InChI is InChI=1S/C12H9Br3OS/c1-16-10-3-2-8(13)5-9(10)12(15)7-4-11(14)17-6-7/h2-6,12H,1H3. The van der Waals surface area contributed by atoms with Crippen LogP contribution in [-0.2, 0) is 0 Å². The zero-order valence-electron chi connectivity index (χ0n) is 8.91. The van der Waals surface area contributed by atoms with Crippen molar-refractivity contribution in [3.63, 3.8) is 0 Å². The van der Waals surface area contributed by atoms with Gasteiger partial charge in [0.1, 0.15) is 5.75 Å². The first-order valence-corrected chi connectivity index (χ1v) is 8.21. The summed E-state index contributed by atoms with van der Waals surface area (Å²) in [4.78, 5) is 0.137. The molecule has 17 heavy (non-hydrogen) atoms. The van der Waals surface area contributed by atoms with Crippen LogP contribution < -0.4 is 4.74 Å². The first kappa shape index (κ1) is 13.6. The van der Waals surface area contributed by atoms with E-state index in [-0.39, 0.29) is 4.83 Å². The SMILES string of the molecule is COc1ccc(Br)cc1C(Br)c1csc(Br)c1. The molecule has 0 spiro atoms. The minimum absolute atomic E-state index is 0.137. The average molecular weight is 441 g/mol. The molecular weight excluding hydrogens is 432 g/mol. The van der Waals surface area contributed by atoms with Crippen molar-refractivity contribution in [1.29, 1.82) is 0 Å². The average Bonchev–Trinajstić information content (AvgIpc) is 2.75. The minimum Gasteiger partial charge on any atom is -0.496 e. The molecule has 0 aliphatic carbocycles. The Morgan fingerprint density at radius 1 is 1.24 bits per heavy atom. The fourth-order valence-corrected chi connectivity index (χ4v) is 3.92. The zero-order valence-corrected chi connectivity index (χ0v) is 14.5. The highest BCUT2D eigenvalue weighted by Gasteiger charge is 2.16. The first-order chi connectivity index (χ1) is 8.11. The summed E-state index contributed by atoms with van der Waals surface area (Å²) in [6.45, 7) is 0. The molecule has 0 aliphatic heterocycles. The molecule has 2 aromatic rings. The van der Waals surface area contributed by atoms with Gasteiger partial charge in [0.15, 0.2) is 0 Å². The Morgan fingerprint density at radius 2 is 2.00 bits per heavy atom. The molecule has 0 radical (unpaired) electrons. The Hall–Kier alpha value is 0.160. The van der Waals surface area contributed by atoms with Crippen LogP contribution in [0, 0.1) is 0 Å². The summed E-state index contributed by atoms with van der Waals surface area (Å²) in [5.74, 6) is 0.886. The van der Waals surface area contributed by atoms with Crippen LogP contribution in [0.25, 0.3) is 0 Å². The molecule has 1 heterocycles. The van der Waals surface area contributed by atoms with Crippen LogP contribution in [0.15, 0.2) is 37.9 Å². The number of ether oxygens (including phenoxy) is 1. The predicted octanol–water partition coefficient (Wildman–Crippen LogP) is 5.77. The zero-order chi connectivity index (χ0) is 12.4. The summed E-state index contributed by atoms with van der Waals surface area (Å²) in [7, 11) is 1.69. The fraction of sp³-hybridized carbons (Fsp3) is 0.167. The van der Waals surface area contributed by atoms with E-state index < -0.39 is 0 Å². The molecule has 0 aliphatic rings. The fourth-order valence-electron chi connectivity index (χ4n) is 1.54. The molecule has 1 atom stereocenters. The highest BCUT2D eigenvalue weighted by molar-refractivity contribution is 9.11. The summed E-state index contributed by atoms with van der Waals surface area (Å²) in [6, 6.07) is 8.13. The number of methoxy groups -OCH3 is 1. The van der Waals surface area contributed by atoms with E-state index in [1.165, 1.54) is 5.56 Å². The lowest BCUT2D eigenvalue weighted by molar-refractivity contribution is 0.410. The van der Waals surface area contributed by atoms with Gasteiger partial charge < -0.3 is 4.74 Å². The molecule has 1 unspecified atom stereocenters. The number of alkyl halides is 1. The van der Waals surface area contributed by atoms with Crippen molar-refractivity contribution >= 4 is 59.1 Å². The van der Waals surface area contributed by atoms with Crippen LogP contribution >= 0.6 is 59.1 Å². The third-order valence-corrected chi connectivity index (χ3v) is 5.38. The first-order valence-electron chi connectivity index (χ1n) is 4.83. The third kappa shape index (κ3) is 3.13. The van der Waals surface area contributed by atoms with Gasteiger partial charge in [0.05, 0.1) is 15.7 Å². The Balaban J connectivity index is 2.42. The lowest BCUT2D eigenvalue weighted by atomic mass is 10.1. The van der Waals surface area contributed by atoms with E-state index in [1.54, 1.807) is 18.4 Å². The molecule has 5 heteroatoms. The summed E-state index contributed by atoms with van der Waals surface area (Å²) < 4.78 is 7.57. The Morgan fingerprint density at radius 3 is 2.59 bits per heavy atom. The molecule has 1 aromatic heterocycles. The van der Waals surface area contributed by atoms with Crippen molar-refractivity contribution in [3.8, 4) is 5.75 Å². The largest absolute Gasteiger partial charge is 0.496 e. The van der Waals surface area contributed by atoms with Crippen molar-refractivity contribution < 1.29 is 4.74 Å². The van der Waals surface area contributed by atoms with E-state index >= 15 is 0 Å². The normalized spacial score (nSPS) is 12.5. The van der Waals surface area contributed by atoms with Gasteiger partial charge in [-0.2, -0.15) is 0 Å². The topological polar surface area (TPSA) is 9.23 Å². The molecule has 1 nitrogen and oxygen atoms in total. The monoisotopic (exact) mass is 438 g/mol. The molecule has 0 fully saturated rings. The molecule has 0 bridgehead atoms. The van der Waals surface area contributed by atoms with Crippen molar-refractivity contribution in [2.75, 3.05) is 7.11 Å². The smallest absolute Gasteiger partial charge is 0.123 e. The molecule has 90 valence electrons. The van der Waals surface area contributed by atoms with Gasteiger partial charge in [-0.15, -0.1) is 11.3 Å². The summed E-state index contributed by atoms with van der Waals surface area (Å²) in [6.07, 6.45) is 0. The van der Waals surface area contributed by atoms with Crippen LogP contribution in [0.1, 0.15) is 16.0 Å². The Bertz CT molecular complexity index is 524. The maximum atomic E-state index is 5.39. The van der Waals surface area contributed by atoms with E-state index in [9.17, 15) is 0 Å². The van der Waals surface area contributed by atoms with Gasteiger partial charge in [0.25, 0.3) is 0 Å². The lowest BCUT2D eigenvalue weighted by Gasteiger charge is -2.13. The van der Waals surface area contributed by atoms with Gasteiger partial charge in [0.2, 0.25) is 0 Å². The number of hydrogen-bond donors (Lipinski definition) is 0. The number of hydrogen-bond acceptors (Lipinski definition) is 2. The van der Waals surface area contributed by atoms with Crippen LogP contribution in [0.3, 0.4) is 0 Å². The minimum atomic E-state index is 0.137. The van der Waals surface area contributed by atoms with Gasteiger partial charge in [-0.05, 0) is 51.1 Å². The third-order valence-electron chi connectivity index (χ3n) is 2.35. The molecule has 0 amide bonds. The van der Waals surface area contributed by atoms with Gasteiger partial charge in [-0.3, -0.25) is 0 Å². The summed E-state index contributed by atoms with van der Waals surface area (Å²) in [5.41, 5.74) is 2.34. The van der Waals surface area contributed by atoms with Crippen molar-refractivity contribution in [1.82, 2.24) is 0 Å². The van der Waals surface area contributed by atoms with Crippen molar-refractivity contribution in [3.05, 3.63) is 49.0 Å². The van der Waals surface area contributed by atoms with Crippen LogP contribution in [0.5, 0.6) is 5.75 Å². The van der Waals surface area contributed by atoms with E-state index in [2.05, 4.69) is 65.3 Å². The highest BCUT2D eigenvalue weighted by atomic mass is 79.9. The quantitative estimate of drug-likeness (QED) is 0.551. The van der Waals surface area contributed by atoms with Crippen LogP contribution in [-0.4, -0.2) is 7.11 Å². The van der Waals surface area contributed by atoms with Gasteiger partial charge in [0, 0.05) is 10.0 Å². The summed E-state index contributed by atoms with van der Waals surface area (Å²) in [5, 5.41) is 2.13. The maximum absolute atomic E-state index is 5.39. The molecular formula is C12H9Br3OS. The molecule has 0 N–H and O–H groups in total. The number of thiophene rings is 1. The molecule has 2 rings (SSSR count). The number of halogens is 3. The van der Waals surface area contributed by atoms with E-state index in [4.69, 9.17) is 4.74 Å². The van der Waals surface area contributed by atoms with Gasteiger partial charge in [-0.1, -0.05) is 31.9 Å². The van der Waals surface area contributed by atoms with Gasteiger partial charge in [-0.25, -0.2) is 0 Å². The predicted molar refractivity (Wildman–Crippen MR) is 83.5 cm³/mol. The van der Waals surface area contributed by atoms with E-state index in [0.29, 0.717) is 0 Å². The second-order valence-corrected chi connectivity index (χ2v) is 7.55. The molecule has 0 saturated carbocycles. The van der Waals surface area contributed by atoms with Crippen molar-refractivity contribution in [2.45, 2.75) is 4.83 Å². The number of benzene rings is 1.